The van der Waals surface area contributed by atoms with Gasteiger partial charge in [0.15, 0.2) is 0 Å². The summed E-state index contributed by atoms with van der Waals surface area (Å²) < 4.78 is 0. The van der Waals surface area contributed by atoms with Gasteiger partial charge in [-0.25, -0.2) is 0 Å². The molecule has 2 nitrogen and oxygen atoms in total. The fraction of sp³-hybridized carbons (Fsp3) is 1.00. The van der Waals surface area contributed by atoms with Crippen molar-refractivity contribution in [2.75, 3.05) is 26.7 Å². The Labute approximate surface area is 69.8 Å². The third-order valence-corrected chi connectivity index (χ3v) is 2.61. The van der Waals surface area contributed by atoms with Crippen LogP contribution in [0, 0.1) is 5.41 Å². The molecule has 11 heavy (non-hydrogen) atoms. The van der Waals surface area contributed by atoms with Crippen LogP contribution in [-0.2, 0) is 0 Å². The second kappa shape index (κ2) is 4.07. The summed E-state index contributed by atoms with van der Waals surface area (Å²) in [6, 6.07) is 0. The van der Waals surface area contributed by atoms with Crippen LogP contribution in [-0.4, -0.2) is 26.7 Å². The van der Waals surface area contributed by atoms with Crippen LogP contribution in [0.25, 0.3) is 0 Å². The van der Waals surface area contributed by atoms with Gasteiger partial charge in [-0.15, -0.1) is 0 Å². The number of rotatable bonds is 5. The van der Waals surface area contributed by atoms with E-state index in [9.17, 15) is 0 Å². The first kappa shape index (κ1) is 9.01. The summed E-state index contributed by atoms with van der Waals surface area (Å²) in [6.07, 6.45) is 4.09. The van der Waals surface area contributed by atoms with Crippen LogP contribution in [0.4, 0.5) is 0 Å². The maximum absolute atomic E-state index is 3.36. The highest BCUT2D eigenvalue weighted by molar-refractivity contribution is 4.93. The minimum absolute atomic E-state index is 0.602. The van der Waals surface area contributed by atoms with Crippen molar-refractivity contribution < 1.29 is 0 Å². The summed E-state index contributed by atoms with van der Waals surface area (Å²) in [5.74, 6) is 0. The lowest BCUT2D eigenvalue weighted by atomic mass is 9.77. The van der Waals surface area contributed by atoms with Crippen molar-refractivity contribution in [1.29, 1.82) is 0 Å². The summed E-state index contributed by atoms with van der Waals surface area (Å²) in [5.41, 5.74) is 0.602. The predicted molar refractivity (Wildman–Crippen MR) is 48.8 cm³/mol. The van der Waals surface area contributed by atoms with E-state index in [-0.39, 0.29) is 0 Å². The third-order valence-electron chi connectivity index (χ3n) is 2.61. The van der Waals surface area contributed by atoms with Gasteiger partial charge in [-0.05, 0) is 13.5 Å². The van der Waals surface area contributed by atoms with Gasteiger partial charge in [-0.3, -0.25) is 0 Å². The lowest BCUT2D eigenvalue weighted by Gasteiger charge is -2.43. The van der Waals surface area contributed by atoms with Crippen molar-refractivity contribution in [1.82, 2.24) is 10.6 Å². The lowest BCUT2D eigenvalue weighted by Crippen LogP contribution is -2.57. The maximum atomic E-state index is 3.36. The van der Waals surface area contributed by atoms with Gasteiger partial charge in [0.1, 0.15) is 0 Å². The smallest absolute Gasteiger partial charge is 0.00771 e. The van der Waals surface area contributed by atoms with E-state index >= 15 is 0 Å². The molecule has 1 aliphatic rings. The molecule has 0 aromatic carbocycles. The van der Waals surface area contributed by atoms with Gasteiger partial charge in [-0.1, -0.05) is 19.8 Å². The Bertz CT molecular complexity index is 108. The van der Waals surface area contributed by atoms with Crippen LogP contribution in [0.1, 0.15) is 26.2 Å². The molecule has 1 heterocycles. The molecule has 0 aromatic heterocycles. The van der Waals surface area contributed by atoms with Gasteiger partial charge in [0.25, 0.3) is 0 Å². The van der Waals surface area contributed by atoms with Gasteiger partial charge in [0.05, 0.1) is 0 Å². The molecule has 1 fully saturated rings. The molecule has 0 bridgehead atoms. The highest BCUT2D eigenvalue weighted by Gasteiger charge is 2.34. The van der Waals surface area contributed by atoms with E-state index in [0.717, 1.165) is 0 Å². The summed E-state index contributed by atoms with van der Waals surface area (Å²) in [7, 11) is 2.05. The Kier molecular flexibility index (Phi) is 3.34. The van der Waals surface area contributed by atoms with Crippen molar-refractivity contribution in [2.24, 2.45) is 5.41 Å². The van der Waals surface area contributed by atoms with Crippen molar-refractivity contribution in [3.63, 3.8) is 0 Å². The molecule has 1 aliphatic heterocycles. The van der Waals surface area contributed by atoms with Crippen LogP contribution in [0.15, 0.2) is 0 Å². The number of unbranched alkanes of at least 4 members (excludes halogenated alkanes) is 1. The Balaban J connectivity index is 2.22. The highest BCUT2D eigenvalue weighted by atomic mass is 15.0. The molecule has 0 radical (unpaired) electrons. The Hall–Kier alpha value is -0.0800. The molecule has 0 unspecified atom stereocenters. The summed E-state index contributed by atoms with van der Waals surface area (Å²) >= 11 is 0. The van der Waals surface area contributed by atoms with Gasteiger partial charge < -0.3 is 10.6 Å². The molecule has 1 saturated heterocycles. The molecular formula is C9H20N2. The highest BCUT2D eigenvalue weighted by Crippen LogP contribution is 2.27. The summed E-state index contributed by atoms with van der Waals surface area (Å²) in [4.78, 5) is 0. The fourth-order valence-corrected chi connectivity index (χ4v) is 1.80. The van der Waals surface area contributed by atoms with E-state index in [2.05, 4.69) is 17.6 Å². The van der Waals surface area contributed by atoms with Gasteiger partial charge in [0.2, 0.25) is 0 Å². The van der Waals surface area contributed by atoms with Gasteiger partial charge >= 0.3 is 0 Å². The molecule has 2 N–H and O–H groups in total. The number of hydrogen-bond donors (Lipinski definition) is 2. The molecule has 66 valence electrons. The van der Waals surface area contributed by atoms with Crippen LogP contribution in [0.2, 0.25) is 0 Å². The Morgan fingerprint density at radius 2 is 2.18 bits per heavy atom. The normalized spacial score (nSPS) is 21.3. The van der Waals surface area contributed by atoms with Crippen molar-refractivity contribution >= 4 is 0 Å². The monoisotopic (exact) mass is 156 g/mol. The second-order valence-corrected chi connectivity index (χ2v) is 3.74. The van der Waals surface area contributed by atoms with E-state index < -0.39 is 0 Å². The van der Waals surface area contributed by atoms with Crippen LogP contribution in [0.3, 0.4) is 0 Å². The van der Waals surface area contributed by atoms with Crippen molar-refractivity contribution in [3.05, 3.63) is 0 Å². The third kappa shape index (κ3) is 2.17. The molecule has 0 atom stereocenters. The second-order valence-electron chi connectivity index (χ2n) is 3.74. The number of hydrogen-bond acceptors (Lipinski definition) is 2. The zero-order valence-electron chi connectivity index (χ0n) is 7.74. The Morgan fingerprint density at radius 3 is 2.55 bits per heavy atom. The molecule has 0 aromatic rings. The van der Waals surface area contributed by atoms with Crippen LogP contribution in [0.5, 0.6) is 0 Å². The van der Waals surface area contributed by atoms with Crippen LogP contribution >= 0.6 is 0 Å². The van der Waals surface area contributed by atoms with E-state index in [1.165, 1.54) is 38.9 Å². The molecular weight excluding hydrogens is 136 g/mol. The SMILES string of the molecule is CCCCC1(CNC)CNC1. The van der Waals surface area contributed by atoms with E-state index in [4.69, 9.17) is 0 Å². The van der Waals surface area contributed by atoms with Gasteiger partial charge in [-0.2, -0.15) is 0 Å². The zero-order chi connectivity index (χ0) is 8.16. The quantitative estimate of drug-likeness (QED) is 0.620. The largest absolute Gasteiger partial charge is 0.319 e. The molecule has 1 rings (SSSR count). The lowest BCUT2D eigenvalue weighted by molar-refractivity contribution is 0.148. The minimum atomic E-state index is 0.602. The fourth-order valence-electron chi connectivity index (χ4n) is 1.80. The van der Waals surface area contributed by atoms with E-state index in [1.54, 1.807) is 0 Å². The summed E-state index contributed by atoms with van der Waals surface area (Å²) in [6.45, 7) is 5.88. The summed E-state index contributed by atoms with van der Waals surface area (Å²) in [5, 5.41) is 6.64. The molecule has 0 spiro atoms. The average molecular weight is 156 g/mol. The van der Waals surface area contributed by atoms with E-state index in [1.807, 2.05) is 7.05 Å². The molecule has 0 aliphatic carbocycles. The maximum Gasteiger partial charge on any atom is 0.00771 e. The number of nitrogens with one attached hydrogen (secondary N) is 2. The first-order valence-corrected chi connectivity index (χ1v) is 4.68. The first-order valence-electron chi connectivity index (χ1n) is 4.68. The minimum Gasteiger partial charge on any atom is -0.319 e. The topological polar surface area (TPSA) is 24.1 Å². The van der Waals surface area contributed by atoms with Gasteiger partial charge in [0, 0.05) is 25.0 Å². The average Bonchev–Trinajstić information content (AvgIpc) is 1.95. The zero-order valence-corrected chi connectivity index (χ0v) is 7.74. The van der Waals surface area contributed by atoms with Crippen molar-refractivity contribution in [3.8, 4) is 0 Å². The Morgan fingerprint density at radius 1 is 1.45 bits per heavy atom. The first-order chi connectivity index (χ1) is 5.33. The van der Waals surface area contributed by atoms with Crippen molar-refractivity contribution in [2.45, 2.75) is 26.2 Å². The molecule has 0 amide bonds. The van der Waals surface area contributed by atoms with Crippen LogP contribution < -0.4 is 10.6 Å². The van der Waals surface area contributed by atoms with E-state index in [0.29, 0.717) is 5.41 Å². The standard InChI is InChI=1S/C9H20N2/c1-3-4-5-9(6-10-2)7-11-8-9/h10-11H,3-8H2,1-2H3. The molecule has 2 heteroatoms. The molecule has 0 saturated carbocycles. The predicted octanol–water partition coefficient (Wildman–Crippen LogP) is 0.986.